The molecule has 1 aromatic rings. The van der Waals surface area contributed by atoms with E-state index in [1.54, 1.807) is 30.3 Å². The molecule has 0 aliphatic carbocycles. The van der Waals surface area contributed by atoms with E-state index in [1.165, 1.54) is 0 Å². The molecule has 2 atom stereocenters. The van der Waals surface area contributed by atoms with Crippen molar-refractivity contribution in [3.05, 3.63) is 35.9 Å². The van der Waals surface area contributed by atoms with Gasteiger partial charge in [0.2, 0.25) is 0 Å². The van der Waals surface area contributed by atoms with Crippen LogP contribution in [0, 0.1) is 0 Å². The van der Waals surface area contributed by atoms with Gasteiger partial charge in [0.25, 0.3) is 0 Å². The highest BCUT2D eigenvalue weighted by atomic mass is 79.9. The molecule has 0 saturated carbocycles. The highest BCUT2D eigenvalue weighted by molar-refractivity contribution is 9.11. The maximum Gasteiger partial charge on any atom is 0.163 e. The monoisotopic (exact) mass is 278 g/mol. The van der Waals surface area contributed by atoms with Crippen LogP contribution in [0.1, 0.15) is 11.7 Å². The smallest absolute Gasteiger partial charge is 0.163 e. The lowest BCUT2D eigenvalue weighted by molar-refractivity contribution is 0.195. The average molecular weight is 279 g/mol. The molecular formula is C9H11BrO3S. The first kappa shape index (κ1) is 11.7. The Bertz CT molecular complexity index is 388. The van der Waals surface area contributed by atoms with Gasteiger partial charge in [-0.2, -0.15) is 0 Å². The standard InChI is InChI=1S/C9H11BrO3S/c1-14(12,13)9(10)8(11)7-5-3-2-4-6-7/h2-6,8-9,11H,1H3. The summed E-state index contributed by atoms with van der Waals surface area (Å²) in [6.45, 7) is 0. The Labute approximate surface area is 91.8 Å². The molecule has 0 aliphatic heterocycles. The quantitative estimate of drug-likeness (QED) is 0.853. The van der Waals surface area contributed by atoms with Crippen LogP contribution in [-0.2, 0) is 9.84 Å². The van der Waals surface area contributed by atoms with E-state index in [0.717, 1.165) is 6.26 Å². The molecule has 0 spiro atoms. The molecule has 0 aliphatic rings. The topological polar surface area (TPSA) is 54.4 Å². The van der Waals surface area contributed by atoms with E-state index >= 15 is 0 Å². The summed E-state index contributed by atoms with van der Waals surface area (Å²) in [5.41, 5.74) is 0.583. The Morgan fingerprint density at radius 3 is 2.21 bits per heavy atom. The highest BCUT2D eigenvalue weighted by Crippen LogP contribution is 2.25. The predicted molar refractivity (Wildman–Crippen MR) is 59.0 cm³/mol. The summed E-state index contributed by atoms with van der Waals surface area (Å²) in [6, 6.07) is 8.68. The normalized spacial score (nSPS) is 16.2. The third kappa shape index (κ3) is 2.80. The Hall–Kier alpha value is -0.390. The first-order chi connectivity index (χ1) is 6.43. The Morgan fingerprint density at radius 2 is 1.79 bits per heavy atom. The number of rotatable bonds is 3. The first-order valence-electron chi connectivity index (χ1n) is 3.99. The van der Waals surface area contributed by atoms with Crippen LogP contribution in [0.4, 0.5) is 0 Å². The molecule has 0 aromatic heterocycles. The molecule has 0 fully saturated rings. The van der Waals surface area contributed by atoms with E-state index in [4.69, 9.17) is 0 Å². The van der Waals surface area contributed by atoms with E-state index < -0.39 is 20.1 Å². The molecule has 1 aromatic carbocycles. The van der Waals surface area contributed by atoms with Crippen LogP contribution < -0.4 is 0 Å². The van der Waals surface area contributed by atoms with Crippen LogP contribution in [0.2, 0.25) is 0 Å². The predicted octanol–water partition coefficient (Wildman–Crippen LogP) is 1.49. The zero-order chi connectivity index (χ0) is 10.8. The fourth-order valence-electron chi connectivity index (χ4n) is 1.04. The number of aliphatic hydroxyl groups excluding tert-OH is 1. The lowest BCUT2D eigenvalue weighted by atomic mass is 10.1. The molecule has 0 heterocycles. The van der Waals surface area contributed by atoms with E-state index in [0.29, 0.717) is 5.56 Å². The van der Waals surface area contributed by atoms with Crippen molar-refractivity contribution in [3.8, 4) is 0 Å². The van der Waals surface area contributed by atoms with Gasteiger partial charge in [0.1, 0.15) is 10.3 Å². The Morgan fingerprint density at radius 1 is 1.29 bits per heavy atom. The molecule has 0 bridgehead atoms. The van der Waals surface area contributed by atoms with Crippen molar-refractivity contribution in [1.82, 2.24) is 0 Å². The van der Waals surface area contributed by atoms with Crippen LogP contribution in [0.3, 0.4) is 0 Å². The van der Waals surface area contributed by atoms with Gasteiger partial charge in [0, 0.05) is 6.26 Å². The maximum atomic E-state index is 11.1. The van der Waals surface area contributed by atoms with E-state index in [2.05, 4.69) is 15.9 Å². The molecule has 1 rings (SSSR count). The van der Waals surface area contributed by atoms with Crippen LogP contribution >= 0.6 is 15.9 Å². The van der Waals surface area contributed by atoms with Gasteiger partial charge in [0.05, 0.1) is 0 Å². The summed E-state index contributed by atoms with van der Waals surface area (Å²) in [5.74, 6) is 0. The largest absolute Gasteiger partial charge is 0.386 e. The second-order valence-electron chi connectivity index (χ2n) is 3.04. The molecule has 0 saturated heterocycles. The molecule has 14 heavy (non-hydrogen) atoms. The van der Waals surface area contributed by atoms with Crippen molar-refractivity contribution in [2.75, 3.05) is 6.26 Å². The summed E-state index contributed by atoms with van der Waals surface area (Å²) in [5, 5.41) is 9.70. The Kier molecular flexibility index (Phi) is 3.69. The summed E-state index contributed by atoms with van der Waals surface area (Å²) < 4.78 is 21.3. The average Bonchev–Trinajstić information content (AvgIpc) is 2.15. The number of aliphatic hydroxyl groups is 1. The van der Waals surface area contributed by atoms with Crippen molar-refractivity contribution in [3.63, 3.8) is 0 Å². The van der Waals surface area contributed by atoms with Crippen molar-refractivity contribution in [2.24, 2.45) is 0 Å². The lowest BCUT2D eigenvalue weighted by Crippen LogP contribution is -2.21. The van der Waals surface area contributed by atoms with Gasteiger partial charge in [-0.3, -0.25) is 0 Å². The zero-order valence-electron chi connectivity index (χ0n) is 7.59. The highest BCUT2D eigenvalue weighted by Gasteiger charge is 2.26. The summed E-state index contributed by atoms with van der Waals surface area (Å²) in [6.07, 6.45) is 0.0460. The molecular weight excluding hydrogens is 268 g/mol. The number of hydrogen-bond acceptors (Lipinski definition) is 3. The molecule has 3 nitrogen and oxygen atoms in total. The van der Waals surface area contributed by atoms with Crippen LogP contribution in [0.25, 0.3) is 0 Å². The van der Waals surface area contributed by atoms with Gasteiger partial charge in [-0.05, 0) is 5.56 Å². The SMILES string of the molecule is CS(=O)(=O)C(Br)C(O)c1ccccc1. The Balaban J connectivity index is 2.92. The van der Waals surface area contributed by atoms with Gasteiger partial charge in [-0.15, -0.1) is 0 Å². The van der Waals surface area contributed by atoms with Crippen LogP contribution in [-0.4, -0.2) is 23.9 Å². The number of hydrogen-bond donors (Lipinski definition) is 1. The maximum absolute atomic E-state index is 11.1. The second-order valence-corrected chi connectivity index (χ2v) is 6.80. The summed E-state index contributed by atoms with van der Waals surface area (Å²) >= 11 is 2.96. The van der Waals surface area contributed by atoms with E-state index in [1.807, 2.05) is 0 Å². The van der Waals surface area contributed by atoms with Gasteiger partial charge in [-0.1, -0.05) is 46.3 Å². The molecule has 0 amide bonds. The van der Waals surface area contributed by atoms with Crippen molar-refractivity contribution in [2.45, 2.75) is 10.3 Å². The number of benzene rings is 1. The lowest BCUT2D eigenvalue weighted by Gasteiger charge is -2.15. The third-order valence-corrected chi connectivity index (χ3v) is 5.41. The van der Waals surface area contributed by atoms with E-state index in [9.17, 15) is 13.5 Å². The van der Waals surface area contributed by atoms with Gasteiger partial charge in [0.15, 0.2) is 9.84 Å². The fourth-order valence-corrected chi connectivity index (χ4v) is 1.97. The second kappa shape index (κ2) is 4.42. The van der Waals surface area contributed by atoms with Gasteiger partial charge >= 0.3 is 0 Å². The third-order valence-electron chi connectivity index (χ3n) is 1.80. The van der Waals surface area contributed by atoms with Gasteiger partial charge in [-0.25, -0.2) is 8.42 Å². The van der Waals surface area contributed by atoms with Crippen molar-refractivity contribution >= 4 is 25.8 Å². The van der Waals surface area contributed by atoms with E-state index in [-0.39, 0.29) is 0 Å². The molecule has 0 radical (unpaired) electrons. The first-order valence-corrected chi connectivity index (χ1v) is 6.86. The summed E-state index contributed by atoms with van der Waals surface area (Å²) in [4.78, 5) is 0. The van der Waals surface area contributed by atoms with Crippen LogP contribution in [0.5, 0.6) is 0 Å². The molecule has 1 N–H and O–H groups in total. The van der Waals surface area contributed by atoms with Gasteiger partial charge < -0.3 is 5.11 Å². The molecule has 78 valence electrons. The van der Waals surface area contributed by atoms with Crippen molar-refractivity contribution in [1.29, 1.82) is 0 Å². The zero-order valence-corrected chi connectivity index (χ0v) is 9.99. The number of sulfone groups is 1. The molecule has 5 heteroatoms. The summed E-state index contributed by atoms with van der Waals surface area (Å²) in [7, 11) is -3.28. The minimum atomic E-state index is -3.28. The minimum Gasteiger partial charge on any atom is -0.386 e. The van der Waals surface area contributed by atoms with Crippen molar-refractivity contribution < 1.29 is 13.5 Å². The fraction of sp³-hybridized carbons (Fsp3) is 0.333. The number of halogens is 1. The van der Waals surface area contributed by atoms with Crippen LogP contribution in [0.15, 0.2) is 30.3 Å². The minimum absolute atomic E-state index is 0.583. The number of alkyl halides is 1. The molecule has 2 unspecified atom stereocenters.